The molecule has 2 N–H and O–H groups in total. The summed E-state index contributed by atoms with van der Waals surface area (Å²) in [5.41, 5.74) is 1.10. The molecule has 1 aromatic carbocycles. The van der Waals surface area contributed by atoms with Crippen LogP contribution >= 0.6 is 0 Å². The van der Waals surface area contributed by atoms with Crippen molar-refractivity contribution in [1.29, 1.82) is 0 Å². The summed E-state index contributed by atoms with van der Waals surface area (Å²) in [6, 6.07) is 10.9. The van der Waals surface area contributed by atoms with E-state index in [1.807, 2.05) is 38.1 Å². The van der Waals surface area contributed by atoms with Crippen LogP contribution in [0.1, 0.15) is 41.8 Å². The monoisotopic (exact) mass is 289 g/mol. The zero-order chi connectivity index (χ0) is 15.2. The zero-order valence-electron chi connectivity index (χ0n) is 12.1. The van der Waals surface area contributed by atoms with Gasteiger partial charge in [-0.2, -0.15) is 0 Å². The average Bonchev–Trinajstić information content (AvgIpc) is 2.96. The maximum atomic E-state index is 10.8. The summed E-state index contributed by atoms with van der Waals surface area (Å²) in [6.07, 6.45) is 0. The van der Waals surface area contributed by atoms with Gasteiger partial charge < -0.3 is 19.6 Å². The van der Waals surface area contributed by atoms with E-state index >= 15 is 0 Å². The molecule has 5 heteroatoms. The molecule has 0 bridgehead atoms. The van der Waals surface area contributed by atoms with E-state index in [2.05, 4.69) is 5.32 Å². The number of nitrogens with one attached hydrogen (secondary N) is 1. The van der Waals surface area contributed by atoms with Crippen LogP contribution in [0.3, 0.4) is 0 Å². The van der Waals surface area contributed by atoms with Gasteiger partial charge in [-0.3, -0.25) is 0 Å². The second kappa shape index (κ2) is 6.95. The summed E-state index contributed by atoms with van der Waals surface area (Å²) in [6.45, 7) is 5.16. The predicted molar refractivity (Wildman–Crippen MR) is 78.5 cm³/mol. The van der Waals surface area contributed by atoms with Crippen molar-refractivity contribution in [2.24, 2.45) is 0 Å². The Morgan fingerprint density at radius 1 is 1.38 bits per heavy atom. The third-order valence-electron chi connectivity index (χ3n) is 3.09. The first-order valence-electron chi connectivity index (χ1n) is 6.88. The molecular formula is C16H19NO4. The van der Waals surface area contributed by atoms with Crippen LogP contribution < -0.4 is 10.1 Å². The first-order chi connectivity index (χ1) is 10.1. The van der Waals surface area contributed by atoms with Crippen LogP contribution in [0.5, 0.6) is 5.75 Å². The molecular weight excluding hydrogens is 270 g/mol. The first kappa shape index (κ1) is 15.1. The van der Waals surface area contributed by atoms with Crippen LogP contribution in [-0.4, -0.2) is 17.7 Å². The van der Waals surface area contributed by atoms with Crippen molar-refractivity contribution in [3.63, 3.8) is 0 Å². The van der Waals surface area contributed by atoms with E-state index in [9.17, 15) is 4.79 Å². The molecule has 0 saturated heterocycles. The fourth-order valence-electron chi connectivity index (χ4n) is 1.98. The van der Waals surface area contributed by atoms with Crippen LogP contribution in [0.25, 0.3) is 0 Å². The van der Waals surface area contributed by atoms with Crippen molar-refractivity contribution in [3.8, 4) is 5.75 Å². The molecule has 21 heavy (non-hydrogen) atoms. The quantitative estimate of drug-likeness (QED) is 0.818. The molecule has 112 valence electrons. The molecule has 1 aromatic heterocycles. The SMILES string of the molecule is CCOc1cccc(CNC(C)c2ccc(C(=O)O)o2)c1. The lowest BCUT2D eigenvalue weighted by molar-refractivity contribution is 0.0659. The topological polar surface area (TPSA) is 71.7 Å². The van der Waals surface area contributed by atoms with Gasteiger partial charge in [0.1, 0.15) is 11.5 Å². The highest BCUT2D eigenvalue weighted by Crippen LogP contribution is 2.18. The Morgan fingerprint density at radius 3 is 2.86 bits per heavy atom. The molecule has 0 amide bonds. The second-order valence-corrected chi connectivity index (χ2v) is 4.69. The lowest BCUT2D eigenvalue weighted by atomic mass is 10.2. The molecule has 1 heterocycles. The van der Waals surface area contributed by atoms with Crippen molar-refractivity contribution in [2.45, 2.75) is 26.4 Å². The molecule has 0 aliphatic rings. The number of hydrogen-bond acceptors (Lipinski definition) is 4. The van der Waals surface area contributed by atoms with Crippen molar-refractivity contribution < 1.29 is 19.1 Å². The van der Waals surface area contributed by atoms with Crippen LogP contribution in [0.15, 0.2) is 40.8 Å². The Morgan fingerprint density at radius 2 is 2.19 bits per heavy atom. The van der Waals surface area contributed by atoms with Gasteiger partial charge in [0.2, 0.25) is 5.76 Å². The lowest BCUT2D eigenvalue weighted by Crippen LogP contribution is -2.17. The molecule has 0 aliphatic heterocycles. The summed E-state index contributed by atoms with van der Waals surface area (Å²) >= 11 is 0. The van der Waals surface area contributed by atoms with Gasteiger partial charge in [-0.05, 0) is 43.7 Å². The number of ether oxygens (including phenoxy) is 1. The number of furan rings is 1. The Hall–Kier alpha value is -2.27. The van der Waals surface area contributed by atoms with E-state index in [4.69, 9.17) is 14.3 Å². The smallest absolute Gasteiger partial charge is 0.371 e. The van der Waals surface area contributed by atoms with Gasteiger partial charge in [-0.25, -0.2) is 4.79 Å². The number of carboxylic acids is 1. The fourth-order valence-corrected chi connectivity index (χ4v) is 1.98. The summed E-state index contributed by atoms with van der Waals surface area (Å²) in [5, 5.41) is 12.1. The Bertz CT molecular complexity index is 606. The number of hydrogen-bond donors (Lipinski definition) is 2. The largest absolute Gasteiger partial charge is 0.494 e. The molecule has 0 radical (unpaired) electrons. The normalized spacial score (nSPS) is 12.1. The van der Waals surface area contributed by atoms with E-state index in [1.165, 1.54) is 6.07 Å². The zero-order valence-corrected chi connectivity index (χ0v) is 12.1. The third kappa shape index (κ3) is 4.10. The molecule has 1 unspecified atom stereocenters. The number of rotatable bonds is 7. The maximum Gasteiger partial charge on any atom is 0.371 e. The molecule has 5 nitrogen and oxygen atoms in total. The Kier molecular flexibility index (Phi) is 5.00. The molecule has 0 aliphatic carbocycles. The summed E-state index contributed by atoms with van der Waals surface area (Å²) in [4.78, 5) is 10.8. The lowest BCUT2D eigenvalue weighted by Gasteiger charge is -2.12. The van der Waals surface area contributed by atoms with Crippen molar-refractivity contribution >= 4 is 5.97 Å². The van der Waals surface area contributed by atoms with Crippen molar-refractivity contribution in [2.75, 3.05) is 6.61 Å². The summed E-state index contributed by atoms with van der Waals surface area (Å²) in [7, 11) is 0. The van der Waals surface area contributed by atoms with Gasteiger partial charge in [-0.15, -0.1) is 0 Å². The number of carboxylic acid groups (broad SMARTS) is 1. The Balaban J connectivity index is 1.95. The van der Waals surface area contributed by atoms with E-state index in [0.29, 0.717) is 18.9 Å². The second-order valence-electron chi connectivity index (χ2n) is 4.69. The highest BCUT2D eigenvalue weighted by atomic mass is 16.5. The van der Waals surface area contributed by atoms with E-state index in [-0.39, 0.29) is 11.8 Å². The molecule has 1 atom stereocenters. The van der Waals surface area contributed by atoms with Crippen molar-refractivity contribution in [1.82, 2.24) is 5.32 Å². The molecule has 0 fully saturated rings. The standard InChI is InChI=1S/C16H19NO4/c1-3-20-13-6-4-5-12(9-13)10-17-11(2)14-7-8-15(21-14)16(18)19/h4-9,11,17H,3,10H2,1-2H3,(H,18,19). The van der Waals surface area contributed by atoms with Gasteiger partial charge in [0.05, 0.1) is 12.6 Å². The minimum atomic E-state index is -1.06. The molecule has 0 saturated carbocycles. The summed E-state index contributed by atoms with van der Waals surface area (Å²) < 4.78 is 10.7. The molecule has 0 spiro atoms. The van der Waals surface area contributed by atoms with E-state index < -0.39 is 5.97 Å². The third-order valence-corrected chi connectivity index (χ3v) is 3.09. The van der Waals surface area contributed by atoms with Crippen LogP contribution in [-0.2, 0) is 6.54 Å². The first-order valence-corrected chi connectivity index (χ1v) is 6.88. The maximum absolute atomic E-state index is 10.8. The van der Waals surface area contributed by atoms with Gasteiger partial charge in [0, 0.05) is 6.54 Å². The van der Waals surface area contributed by atoms with Gasteiger partial charge in [0.25, 0.3) is 0 Å². The van der Waals surface area contributed by atoms with Gasteiger partial charge in [-0.1, -0.05) is 12.1 Å². The minimum absolute atomic E-state index is 0.0445. The Labute approximate surface area is 123 Å². The number of carbonyl (C=O) groups is 1. The van der Waals surface area contributed by atoms with Crippen LogP contribution in [0.4, 0.5) is 0 Å². The van der Waals surface area contributed by atoms with Crippen LogP contribution in [0.2, 0.25) is 0 Å². The number of aromatic carboxylic acids is 1. The average molecular weight is 289 g/mol. The highest BCUT2D eigenvalue weighted by Gasteiger charge is 2.13. The molecule has 2 aromatic rings. The minimum Gasteiger partial charge on any atom is -0.494 e. The molecule has 2 rings (SSSR count). The van der Waals surface area contributed by atoms with E-state index in [1.54, 1.807) is 6.07 Å². The summed E-state index contributed by atoms with van der Waals surface area (Å²) in [5.74, 6) is 0.346. The van der Waals surface area contributed by atoms with Crippen molar-refractivity contribution in [3.05, 3.63) is 53.5 Å². The fraction of sp³-hybridized carbons (Fsp3) is 0.312. The van der Waals surface area contributed by atoms with Gasteiger partial charge in [0.15, 0.2) is 0 Å². The van der Waals surface area contributed by atoms with Crippen LogP contribution in [0, 0.1) is 0 Å². The number of benzene rings is 1. The predicted octanol–water partition coefficient (Wildman–Crippen LogP) is 3.23. The van der Waals surface area contributed by atoms with E-state index in [0.717, 1.165) is 11.3 Å². The van der Waals surface area contributed by atoms with Gasteiger partial charge >= 0.3 is 5.97 Å². The highest BCUT2D eigenvalue weighted by molar-refractivity contribution is 5.84.